The first-order chi connectivity index (χ1) is 8.67. The Labute approximate surface area is 101 Å². The zero-order valence-electron chi connectivity index (χ0n) is 8.94. The Morgan fingerprint density at radius 1 is 1.33 bits per heavy atom. The topological polar surface area (TPSA) is 109 Å². The summed E-state index contributed by atoms with van der Waals surface area (Å²) in [5, 5.41) is 28.6. The smallest absolute Gasteiger partial charge is 0.285 e. The van der Waals surface area contributed by atoms with Crippen LogP contribution >= 0.6 is 0 Å². The lowest BCUT2D eigenvalue weighted by Gasteiger charge is -2.04. The second kappa shape index (κ2) is 4.36. The van der Waals surface area contributed by atoms with Crippen LogP contribution in [0, 0.1) is 32.8 Å². The van der Waals surface area contributed by atoms with Crippen LogP contribution in [0.3, 0.4) is 0 Å². The first-order valence-corrected chi connectivity index (χ1v) is 4.79. The lowest BCUT2D eigenvalue weighted by molar-refractivity contribution is -0.384. The van der Waals surface area contributed by atoms with Crippen molar-refractivity contribution in [1.82, 2.24) is 9.55 Å². The summed E-state index contributed by atoms with van der Waals surface area (Å²) in [5.74, 6) is 0.0215. The number of nitrogens with zero attached hydrogens (tertiary/aromatic N) is 5. The van der Waals surface area contributed by atoms with E-state index in [2.05, 4.69) is 4.98 Å². The van der Waals surface area contributed by atoms with Crippen molar-refractivity contribution in [3.8, 4) is 17.8 Å². The molecule has 0 fully saturated rings. The van der Waals surface area contributed by atoms with Gasteiger partial charge in [0.25, 0.3) is 5.69 Å². The molecule has 1 aromatic carbocycles. The van der Waals surface area contributed by atoms with Gasteiger partial charge in [0.1, 0.15) is 11.8 Å². The van der Waals surface area contributed by atoms with Crippen molar-refractivity contribution in [2.45, 2.75) is 0 Å². The summed E-state index contributed by atoms with van der Waals surface area (Å²) >= 11 is 0. The number of rotatable bonds is 2. The van der Waals surface area contributed by atoms with Gasteiger partial charge in [0.15, 0.2) is 0 Å². The van der Waals surface area contributed by atoms with E-state index < -0.39 is 4.92 Å². The summed E-state index contributed by atoms with van der Waals surface area (Å²) in [6, 6.07) is 7.65. The predicted molar refractivity (Wildman–Crippen MR) is 59.6 cm³/mol. The van der Waals surface area contributed by atoms with Crippen molar-refractivity contribution in [2.24, 2.45) is 0 Å². The molecule has 0 saturated heterocycles. The minimum atomic E-state index is -0.572. The van der Waals surface area contributed by atoms with Crippen LogP contribution in [-0.4, -0.2) is 14.5 Å². The van der Waals surface area contributed by atoms with E-state index in [4.69, 9.17) is 10.5 Å². The van der Waals surface area contributed by atoms with Crippen LogP contribution in [0.25, 0.3) is 5.69 Å². The maximum atomic E-state index is 10.9. The third kappa shape index (κ3) is 1.77. The number of benzene rings is 1. The molecule has 0 radical (unpaired) electrons. The quantitative estimate of drug-likeness (QED) is 0.583. The molecule has 18 heavy (non-hydrogen) atoms. The molecule has 1 heterocycles. The van der Waals surface area contributed by atoms with E-state index in [1.807, 2.05) is 12.1 Å². The van der Waals surface area contributed by atoms with Crippen molar-refractivity contribution in [2.75, 3.05) is 0 Å². The van der Waals surface area contributed by atoms with Gasteiger partial charge >= 0.3 is 0 Å². The molecule has 0 bridgehead atoms. The van der Waals surface area contributed by atoms with E-state index in [0.29, 0.717) is 0 Å². The monoisotopic (exact) mass is 239 g/mol. The third-order valence-corrected chi connectivity index (χ3v) is 2.30. The highest BCUT2D eigenvalue weighted by Gasteiger charge is 2.18. The van der Waals surface area contributed by atoms with E-state index >= 15 is 0 Å². The summed E-state index contributed by atoms with van der Waals surface area (Å²) in [6.45, 7) is 0. The highest BCUT2D eigenvalue weighted by molar-refractivity contribution is 5.57. The average Bonchev–Trinajstić information content (AvgIpc) is 2.85. The van der Waals surface area contributed by atoms with Gasteiger partial charge in [-0.1, -0.05) is 0 Å². The Balaban J connectivity index is 2.73. The van der Waals surface area contributed by atoms with E-state index in [9.17, 15) is 10.1 Å². The molecule has 0 aliphatic carbocycles. The number of hydrogen-bond acceptors (Lipinski definition) is 5. The minimum absolute atomic E-state index is 0.0215. The van der Waals surface area contributed by atoms with Crippen molar-refractivity contribution in [3.63, 3.8) is 0 Å². The molecule has 86 valence electrons. The molecule has 7 nitrogen and oxygen atoms in total. The van der Waals surface area contributed by atoms with Gasteiger partial charge in [-0.05, 0) is 12.1 Å². The molecule has 7 heteroatoms. The van der Waals surface area contributed by atoms with Crippen LogP contribution in [0.15, 0.2) is 30.6 Å². The number of imidazole rings is 1. The Hall–Kier alpha value is -3.19. The van der Waals surface area contributed by atoms with Gasteiger partial charge in [0.2, 0.25) is 5.82 Å². The molecule has 0 atom stereocenters. The molecule has 0 unspecified atom stereocenters. The molecular weight excluding hydrogens is 234 g/mol. The van der Waals surface area contributed by atoms with Crippen molar-refractivity contribution < 1.29 is 4.92 Å². The van der Waals surface area contributed by atoms with E-state index in [1.165, 1.54) is 35.2 Å². The second-order valence-corrected chi connectivity index (χ2v) is 3.31. The Morgan fingerprint density at radius 3 is 2.72 bits per heavy atom. The van der Waals surface area contributed by atoms with Gasteiger partial charge in [0, 0.05) is 18.5 Å². The molecule has 0 N–H and O–H groups in total. The molecule has 0 spiro atoms. The summed E-state index contributed by atoms with van der Waals surface area (Å²) < 4.78 is 1.28. The van der Waals surface area contributed by atoms with Gasteiger partial charge in [-0.15, -0.1) is 0 Å². The molecule has 2 rings (SSSR count). The first kappa shape index (κ1) is 11.3. The maximum Gasteiger partial charge on any atom is 0.293 e. The van der Waals surface area contributed by atoms with Crippen molar-refractivity contribution >= 4 is 5.69 Å². The molecule has 0 aliphatic rings. The van der Waals surface area contributed by atoms with Crippen LogP contribution in [0.2, 0.25) is 0 Å². The highest BCUT2D eigenvalue weighted by Crippen LogP contribution is 2.24. The van der Waals surface area contributed by atoms with E-state index in [1.54, 1.807) is 0 Å². The lowest BCUT2D eigenvalue weighted by atomic mass is 10.2. The molecule has 0 saturated carbocycles. The number of nitriles is 2. The summed E-state index contributed by atoms with van der Waals surface area (Å²) in [7, 11) is 0. The van der Waals surface area contributed by atoms with Crippen LogP contribution in [0.1, 0.15) is 11.4 Å². The molecule has 1 aromatic heterocycles. The van der Waals surface area contributed by atoms with Gasteiger partial charge in [-0.2, -0.15) is 10.5 Å². The summed E-state index contributed by atoms with van der Waals surface area (Å²) in [5.41, 5.74) is 0.227. The highest BCUT2D eigenvalue weighted by atomic mass is 16.6. The third-order valence-electron chi connectivity index (χ3n) is 2.30. The zero-order chi connectivity index (χ0) is 13.1. The first-order valence-electron chi connectivity index (χ1n) is 4.79. The number of nitro benzene ring substituents is 1. The van der Waals surface area contributed by atoms with E-state index in [-0.39, 0.29) is 22.8 Å². The standard InChI is InChI=1S/C11H5N5O2/c12-6-8-1-2-9(16(17)18)10(5-8)15-4-3-14-11(15)7-13/h1-5H. The fourth-order valence-electron chi connectivity index (χ4n) is 1.52. The van der Waals surface area contributed by atoms with Crippen LogP contribution < -0.4 is 0 Å². The van der Waals surface area contributed by atoms with Crippen molar-refractivity contribution in [1.29, 1.82) is 10.5 Å². The zero-order valence-corrected chi connectivity index (χ0v) is 8.94. The van der Waals surface area contributed by atoms with E-state index in [0.717, 1.165) is 0 Å². The number of aromatic nitrogens is 2. The largest absolute Gasteiger partial charge is 0.293 e. The molecule has 0 amide bonds. The maximum absolute atomic E-state index is 10.9. The average molecular weight is 239 g/mol. The predicted octanol–water partition coefficient (Wildman–Crippen LogP) is 1.52. The Kier molecular flexibility index (Phi) is 2.73. The molecule has 0 aliphatic heterocycles. The van der Waals surface area contributed by atoms with Crippen LogP contribution in [0.4, 0.5) is 5.69 Å². The van der Waals surface area contributed by atoms with Gasteiger partial charge in [-0.25, -0.2) is 4.98 Å². The summed E-state index contributed by atoms with van der Waals surface area (Å²) in [4.78, 5) is 14.1. The number of hydrogen-bond donors (Lipinski definition) is 0. The van der Waals surface area contributed by atoms with Gasteiger partial charge in [-0.3, -0.25) is 14.7 Å². The SMILES string of the molecule is N#Cc1ccc([N+](=O)[O-])c(-n2ccnc2C#N)c1. The van der Waals surface area contributed by atoms with Crippen molar-refractivity contribution in [3.05, 3.63) is 52.1 Å². The Morgan fingerprint density at radius 2 is 2.11 bits per heavy atom. The molecule has 2 aromatic rings. The number of nitro groups is 1. The van der Waals surface area contributed by atoms with Crippen LogP contribution in [-0.2, 0) is 0 Å². The normalized spacial score (nSPS) is 9.44. The van der Waals surface area contributed by atoms with Gasteiger partial charge < -0.3 is 0 Å². The fraction of sp³-hybridized carbons (Fsp3) is 0. The fourth-order valence-corrected chi connectivity index (χ4v) is 1.52. The van der Waals surface area contributed by atoms with Gasteiger partial charge in [0.05, 0.1) is 16.6 Å². The lowest BCUT2D eigenvalue weighted by Crippen LogP contribution is -2.02. The summed E-state index contributed by atoms with van der Waals surface area (Å²) in [6.07, 6.45) is 2.80. The van der Waals surface area contributed by atoms with Crippen LogP contribution in [0.5, 0.6) is 0 Å². The molecular formula is C11H5N5O2. The minimum Gasteiger partial charge on any atom is -0.285 e. The second-order valence-electron chi connectivity index (χ2n) is 3.31. The Bertz CT molecular complexity index is 705.